The highest BCUT2D eigenvalue weighted by molar-refractivity contribution is 7.85. The number of nitrogens with one attached hydrogen (secondary N) is 1. The molecule has 0 saturated carbocycles. The van der Waals surface area contributed by atoms with E-state index in [4.69, 9.17) is 19.4 Å². The number of benzene rings is 3. The highest BCUT2D eigenvalue weighted by atomic mass is 32.2. The number of nitrogens with zero attached hydrogens (tertiary/aromatic N) is 4. The fraction of sp³-hybridized carbons (Fsp3) is 0.154. The smallest absolute Gasteiger partial charge is 0.335 e. The Bertz CT molecular complexity index is 1700. The van der Waals surface area contributed by atoms with Crippen LogP contribution in [0.3, 0.4) is 0 Å². The normalized spacial score (nSPS) is 13.3. The number of hydrogen-bond acceptors (Lipinski definition) is 11. The summed E-state index contributed by atoms with van der Waals surface area (Å²) in [6.45, 7) is 0. The van der Waals surface area contributed by atoms with E-state index in [9.17, 15) is 23.1 Å². The van der Waals surface area contributed by atoms with Gasteiger partial charge in [0.15, 0.2) is 11.6 Å². The number of thiazole rings is 1. The second-order valence-corrected chi connectivity index (χ2v) is 11.3. The van der Waals surface area contributed by atoms with Gasteiger partial charge in [0, 0.05) is 17.5 Å². The van der Waals surface area contributed by atoms with Gasteiger partial charge in [-0.3, -0.25) is 14.8 Å². The number of aromatic nitrogens is 1. The van der Waals surface area contributed by atoms with Crippen LogP contribution >= 0.6 is 11.3 Å². The maximum Gasteiger partial charge on any atom is 0.335 e. The maximum absolute atomic E-state index is 12.5. The van der Waals surface area contributed by atoms with E-state index < -0.39 is 21.8 Å². The number of para-hydroxylation sites is 1. The Hall–Kier alpha value is -4.53. The number of carbonyl (C=O) groups excluding carboxylic acids is 1. The molecule has 206 valence electrons. The molecule has 3 N–H and O–H groups in total. The molecule has 1 aliphatic heterocycles. The number of methoxy groups -OCH3 is 1. The van der Waals surface area contributed by atoms with Crippen molar-refractivity contribution >= 4 is 60.1 Å². The molecule has 4 aromatic rings. The van der Waals surface area contributed by atoms with Crippen LogP contribution < -0.4 is 20.4 Å². The Kier molecular flexibility index (Phi) is 7.38. The number of carboxylic acids is 1. The molecule has 5 rings (SSSR count). The average molecular weight is 582 g/mol. The lowest BCUT2D eigenvalue weighted by Crippen LogP contribution is -2.44. The molecule has 12 nitrogen and oxygen atoms in total. The number of ether oxygens (including phenoxy) is 1. The highest BCUT2D eigenvalue weighted by Gasteiger charge is 2.31. The van der Waals surface area contributed by atoms with E-state index in [0.717, 1.165) is 10.2 Å². The van der Waals surface area contributed by atoms with Crippen molar-refractivity contribution in [1.29, 1.82) is 0 Å². The Morgan fingerprint density at radius 2 is 1.77 bits per heavy atom. The number of amidine groups is 1. The molecule has 0 radical (unpaired) electrons. The minimum atomic E-state index is -4.12. The molecule has 0 aliphatic carbocycles. The minimum absolute atomic E-state index is 0.0161. The minimum Gasteiger partial charge on any atom is -0.494 e. The van der Waals surface area contributed by atoms with Gasteiger partial charge in [0.1, 0.15) is 11.4 Å². The first-order chi connectivity index (χ1) is 19.1. The molecule has 0 fully saturated rings. The van der Waals surface area contributed by atoms with Crippen LogP contribution in [-0.2, 0) is 10.1 Å². The quantitative estimate of drug-likeness (QED) is 0.184. The molecular formula is C26H23N5O7S2. The monoisotopic (exact) mass is 581 g/mol. The lowest BCUT2D eigenvalue weighted by atomic mass is 10.0. The zero-order valence-corrected chi connectivity index (χ0v) is 22.6. The number of Topliss-reactive ketones (excluding diaryl/α,β-unsaturated/α-hetero) is 1. The van der Waals surface area contributed by atoms with Crippen molar-refractivity contribution < 1.29 is 32.4 Å². The van der Waals surface area contributed by atoms with E-state index in [-0.39, 0.29) is 29.9 Å². The molecule has 2 heterocycles. The first-order valence-electron chi connectivity index (χ1n) is 11.9. The summed E-state index contributed by atoms with van der Waals surface area (Å²) in [6.07, 6.45) is -0.00804. The van der Waals surface area contributed by atoms with Crippen LogP contribution in [-0.4, -0.2) is 53.5 Å². The predicted octanol–water partition coefficient (Wildman–Crippen LogP) is 3.96. The van der Waals surface area contributed by atoms with Gasteiger partial charge in [0.25, 0.3) is 10.1 Å². The molecule has 0 amide bonds. The van der Waals surface area contributed by atoms with Crippen LogP contribution in [0, 0.1) is 0 Å². The van der Waals surface area contributed by atoms with E-state index >= 15 is 0 Å². The van der Waals surface area contributed by atoms with Crippen molar-refractivity contribution in [3.05, 3.63) is 83.4 Å². The summed E-state index contributed by atoms with van der Waals surface area (Å²) in [7, 11) is -2.69. The molecular weight excluding hydrogens is 558 g/mol. The lowest BCUT2D eigenvalue weighted by molar-refractivity contribution is 0.0696. The first kappa shape index (κ1) is 27.1. The average Bonchev–Trinajstić information content (AvgIpc) is 3.56. The van der Waals surface area contributed by atoms with Crippen molar-refractivity contribution in [2.75, 3.05) is 23.1 Å². The number of aromatic carboxylic acids is 1. The van der Waals surface area contributed by atoms with Gasteiger partial charge in [-0.2, -0.15) is 8.42 Å². The summed E-state index contributed by atoms with van der Waals surface area (Å²) in [5, 5.41) is 17.8. The van der Waals surface area contributed by atoms with E-state index in [1.54, 1.807) is 35.4 Å². The van der Waals surface area contributed by atoms with E-state index in [1.165, 1.54) is 35.7 Å². The van der Waals surface area contributed by atoms with E-state index in [1.807, 2.05) is 24.3 Å². The number of carbonyl (C=O) groups is 2. The molecule has 0 spiro atoms. The van der Waals surface area contributed by atoms with Gasteiger partial charge in [0.2, 0.25) is 5.13 Å². The van der Waals surface area contributed by atoms with Crippen molar-refractivity contribution in [3.8, 4) is 5.75 Å². The van der Waals surface area contributed by atoms with Crippen molar-refractivity contribution in [3.63, 3.8) is 0 Å². The van der Waals surface area contributed by atoms with Gasteiger partial charge in [-0.05, 0) is 36.8 Å². The van der Waals surface area contributed by atoms with Crippen LogP contribution in [0.2, 0.25) is 0 Å². The van der Waals surface area contributed by atoms with Crippen LogP contribution in [0.1, 0.15) is 39.1 Å². The fourth-order valence-electron chi connectivity index (χ4n) is 4.02. The summed E-state index contributed by atoms with van der Waals surface area (Å²) >= 11 is 1.42. The van der Waals surface area contributed by atoms with Gasteiger partial charge in [-0.1, -0.05) is 47.7 Å². The Balaban J connectivity index is 1.47. The van der Waals surface area contributed by atoms with E-state index in [0.29, 0.717) is 27.8 Å². The van der Waals surface area contributed by atoms with Gasteiger partial charge < -0.3 is 9.84 Å². The number of ketones is 1. The number of hydrazone groups is 1. The van der Waals surface area contributed by atoms with Crippen LogP contribution in [0.25, 0.3) is 10.2 Å². The SMILES string of the molecule is COc1cc(C(=O)O)ccc1N1N=C(c2ccc(C(=O)CCCS(=O)(=O)O)cc2)NN1c1nc2ccccc2s1. The lowest BCUT2D eigenvalue weighted by Gasteiger charge is -2.26. The Morgan fingerprint density at radius 1 is 1.05 bits per heavy atom. The highest BCUT2D eigenvalue weighted by Crippen LogP contribution is 2.36. The van der Waals surface area contributed by atoms with Gasteiger partial charge in [-0.15, -0.1) is 15.3 Å². The molecule has 14 heteroatoms. The number of carboxylic acid groups (broad SMARTS) is 1. The van der Waals surface area contributed by atoms with Crippen LogP contribution in [0.5, 0.6) is 5.75 Å². The summed E-state index contributed by atoms with van der Waals surface area (Å²) in [5.74, 6) is -1.12. The van der Waals surface area contributed by atoms with Gasteiger partial charge in [-0.25, -0.2) is 9.78 Å². The predicted molar refractivity (Wildman–Crippen MR) is 151 cm³/mol. The third kappa shape index (κ3) is 5.73. The molecule has 3 aromatic carbocycles. The molecule has 1 aliphatic rings. The van der Waals surface area contributed by atoms with Gasteiger partial charge in [0.05, 0.1) is 28.6 Å². The summed E-state index contributed by atoms with van der Waals surface area (Å²) in [4.78, 5) is 28.7. The zero-order chi connectivity index (χ0) is 28.4. The molecule has 0 unspecified atom stereocenters. The summed E-state index contributed by atoms with van der Waals surface area (Å²) in [5.41, 5.74) is 5.57. The number of rotatable bonds is 10. The number of fused-ring (bicyclic) bond motifs is 1. The third-order valence-electron chi connectivity index (χ3n) is 5.99. The van der Waals surface area contributed by atoms with Crippen LogP contribution in [0.4, 0.5) is 10.8 Å². The Labute approximate surface area is 232 Å². The largest absolute Gasteiger partial charge is 0.494 e. The topological polar surface area (TPSA) is 162 Å². The fourth-order valence-corrected chi connectivity index (χ4v) is 5.45. The maximum atomic E-state index is 12.5. The molecule has 0 atom stereocenters. The van der Waals surface area contributed by atoms with Crippen molar-refractivity contribution in [2.24, 2.45) is 5.10 Å². The van der Waals surface area contributed by atoms with Gasteiger partial charge >= 0.3 is 5.97 Å². The molecule has 0 saturated heterocycles. The van der Waals surface area contributed by atoms with Crippen molar-refractivity contribution in [2.45, 2.75) is 12.8 Å². The molecule has 40 heavy (non-hydrogen) atoms. The first-order valence-corrected chi connectivity index (χ1v) is 14.4. The molecule has 0 bridgehead atoms. The van der Waals surface area contributed by atoms with Crippen LogP contribution in [0.15, 0.2) is 71.8 Å². The van der Waals surface area contributed by atoms with Crippen molar-refractivity contribution in [1.82, 2.24) is 10.4 Å². The number of anilines is 2. The summed E-state index contributed by atoms with van der Waals surface area (Å²) < 4.78 is 37.2. The number of hydrogen-bond donors (Lipinski definition) is 3. The number of hydrazine groups is 2. The Morgan fingerprint density at radius 3 is 2.45 bits per heavy atom. The standard InChI is InChI=1S/C26H23N5O7S2/c1-38-22-15-18(25(33)34)12-13-20(22)30-28-24(29-31(30)26-27-19-5-2-3-7-23(19)39-26)17-10-8-16(9-11-17)21(32)6-4-14-40(35,36)37/h2-3,5,7-13,15H,4,6,14H2,1H3,(H,28,29)(H,33,34)(H,35,36,37). The third-order valence-corrected chi connectivity index (χ3v) is 7.80. The molecule has 1 aromatic heterocycles. The second-order valence-electron chi connectivity index (χ2n) is 8.71. The van der Waals surface area contributed by atoms with E-state index in [2.05, 4.69) is 5.43 Å². The zero-order valence-electron chi connectivity index (χ0n) is 21.0. The summed E-state index contributed by atoms with van der Waals surface area (Å²) in [6, 6.07) is 18.7. The second kappa shape index (κ2) is 10.9.